The SMILES string of the molecule is COc1c(C)cccc1C(=O)Nc1ccc2oc(-c3ccc(C)c(Cl)c3)nc2c1. The fourth-order valence-electron chi connectivity index (χ4n) is 3.16. The number of amides is 1. The Morgan fingerprint density at radius 3 is 2.66 bits per heavy atom. The number of para-hydroxylation sites is 1. The Morgan fingerprint density at radius 1 is 1.07 bits per heavy atom. The van der Waals surface area contributed by atoms with Gasteiger partial charge in [0.1, 0.15) is 11.3 Å². The number of oxazole rings is 1. The quantitative estimate of drug-likeness (QED) is 0.449. The number of hydrogen-bond donors (Lipinski definition) is 1. The van der Waals surface area contributed by atoms with Crippen LogP contribution in [0.15, 0.2) is 59.0 Å². The Hall–Kier alpha value is -3.31. The number of carbonyl (C=O) groups excluding carboxylic acids is 1. The molecule has 5 nitrogen and oxygen atoms in total. The average molecular weight is 407 g/mol. The minimum absolute atomic E-state index is 0.251. The van der Waals surface area contributed by atoms with Crippen LogP contribution in [0.1, 0.15) is 21.5 Å². The van der Waals surface area contributed by atoms with Crippen molar-refractivity contribution in [3.05, 3.63) is 76.3 Å². The first kappa shape index (κ1) is 19.0. The normalized spacial score (nSPS) is 10.9. The highest BCUT2D eigenvalue weighted by Gasteiger charge is 2.15. The fourth-order valence-corrected chi connectivity index (χ4v) is 3.34. The minimum atomic E-state index is -0.251. The van der Waals surface area contributed by atoms with Gasteiger partial charge in [0, 0.05) is 16.3 Å². The summed E-state index contributed by atoms with van der Waals surface area (Å²) in [5.41, 5.74) is 5.05. The number of fused-ring (bicyclic) bond motifs is 1. The molecule has 0 aliphatic carbocycles. The van der Waals surface area contributed by atoms with Crippen LogP contribution in [0.3, 0.4) is 0 Å². The van der Waals surface area contributed by atoms with Gasteiger partial charge in [-0.05, 0) is 61.4 Å². The van der Waals surface area contributed by atoms with E-state index in [1.54, 1.807) is 31.4 Å². The predicted molar refractivity (Wildman–Crippen MR) is 115 cm³/mol. The number of nitrogens with one attached hydrogen (secondary N) is 1. The summed E-state index contributed by atoms with van der Waals surface area (Å²) in [7, 11) is 1.55. The second-order valence-electron chi connectivity index (χ2n) is 6.78. The Balaban J connectivity index is 1.63. The Morgan fingerprint density at radius 2 is 1.90 bits per heavy atom. The van der Waals surface area contributed by atoms with E-state index in [1.807, 2.05) is 44.2 Å². The van der Waals surface area contributed by atoms with Crippen molar-refractivity contribution in [1.82, 2.24) is 4.98 Å². The van der Waals surface area contributed by atoms with E-state index in [2.05, 4.69) is 10.3 Å². The molecule has 4 rings (SSSR count). The molecule has 29 heavy (non-hydrogen) atoms. The van der Waals surface area contributed by atoms with E-state index in [0.29, 0.717) is 39.0 Å². The van der Waals surface area contributed by atoms with Gasteiger partial charge in [0.25, 0.3) is 5.91 Å². The zero-order chi connectivity index (χ0) is 20.5. The van der Waals surface area contributed by atoms with Gasteiger partial charge in [0.05, 0.1) is 12.7 Å². The average Bonchev–Trinajstić information content (AvgIpc) is 3.13. The highest BCUT2D eigenvalue weighted by Crippen LogP contribution is 2.29. The number of anilines is 1. The number of benzene rings is 3. The van der Waals surface area contributed by atoms with Crippen LogP contribution in [-0.2, 0) is 0 Å². The molecule has 1 amide bonds. The van der Waals surface area contributed by atoms with E-state index in [-0.39, 0.29) is 5.91 Å². The first-order valence-corrected chi connectivity index (χ1v) is 9.46. The number of ether oxygens (including phenoxy) is 1. The van der Waals surface area contributed by atoms with E-state index in [4.69, 9.17) is 20.8 Å². The summed E-state index contributed by atoms with van der Waals surface area (Å²) in [6.07, 6.45) is 0. The van der Waals surface area contributed by atoms with Crippen molar-refractivity contribution in [3.8, 4) is 17.2 Å². The van der Waals surface area contributed by atoms with Gasteiger partial charge < -0.3 is 14.5 Å². The number of rotatable bonds is 4. The lowest BCUT2D eigenvalue weighted by atomic mass is 10.1. The molecule has 1 heterocycles. The molecule has 3 aromatic carbocycles. The monoisotopic (exact) mass is 406 g/mol. The van der Waals surface area contributed by atoms with E-state index in [0.717, 1.165) is 16.7 Å². The van der Waals surface area contributed by atoms with E-state index in [9.17, 15) is 4.79 Å². The van der Waals surface area contributed by atoms with Crippen molar-refractivity contribution in [2.45, 2.75) is 13.8 Å². The van der Waals surface area contributed by atoms with Gasteiger partial charge in [-0.15, -0.1) is 0 Å². The van der Waals surface area contributed by atoms with Crippen LogP contribution in [0.25, 0.3) is 22.6 Å². The highest BCUT2D eigenvalue weighted by molar-refractivity contribution is 6.31. The molecule has 0 saturated carbocycles. The maximum atomic E-state index is 12.7. The summed E-state index contributed by atoms with van der Waals surface area (Å²) in [6, 6.07) is 16.5. The lowest BCUT2D eigenvalue weighted by Crippen LogP contribution is -2.13. The highest BCUT2D eigenvalue weighted by atomic mass is 35.5. The maximum absolute atomic E-state index is 12.7. The zero-order valence-corrected chi connectivity index (χ0v) is 17.0. The number of nitrogens with zero attached hydrogens (tertiary/aromatic N) is 1. The zero-order valence-electron chi connectivity index (χ0n) is 16.2. The van der Waals surface area contributed by atoms with Crippen LogP contribution in [0.5, 0.6) is 5.75 Å². The van der Waals surface area contributed by atoms with Crippen molar-refractivity contribution in [2.75, 3.05) is 12.4 Å². The van der Waals surface area contributed by atoms with Crippen molar-refractivity contribution < 1.29 is 13.9 Å². The largest absolute Gasteiger partial charge is 0.496 e. The molecule has 146 valence electrons. The molecule has 4 aromatic rings. The molecule has 0 aliphatic heterocycles. The standard InChI is InChI=1S/C23H19ClN2O3/c1-13-7-8-15(11-18(13)24)23-26-19-12-16(9-10-20(19)29-23)25-22(27)17-6-4-5-14(2)21(17)28-3/h4-12H,1-3H3,(H,25,27). The molecule has 1 aromatic heterocycles. The van der Waals surface area contributed by atoms with Gasteiger partial charge in [-0.2, -0.15) is 0 Å². The molecular formula is C23H19ClN2O3. The number of aryl methyl sites for hydroxylation is 2. The third-order valence-corrected chi connectivity index (χ3v) is 5.13. The van der Waals surface area contributed by atoms with Crippen LogP contribution < -0.4 is 10.1 Å². The Kier molecular flexibility index (Phi) is 4.99. The Labute approximate surface area is 173 Å². The molecule has 1 N–H and O–H groups in total. The topological polar surface area (TPSA) is 64.4 Å². The molecule has 0 saturated heterocycles. The lowest BCUT2D eigenvalue weighted by molar-refractivity contribution is 0.102. The number of halogens is 1. The van der Waals surface area contributed by atoms with Crippen LogP contribution in [0.4, 0.5) is 5.69 Å². The third-order valence-electron chi connectivity index (χ3n) is 4.72. The van der Waals surface area contributed by atoms with Gasteiger partial charge in [0.2, 0.25) is 5.89 Å². The summed E-state index contributed by atoms with van der Waals surface area (Å²) >= 11 is 6.21. The molecule has 0 atom stereocenters. The second-order valence-corrected chi connectivity index (χ2v) is 7.18. The third kappa shape index (κ3) is 3.69. The smallest absolute Gasteiger partial charge is 0.259 e. The van der Waals surface area contributed by atoms with Gasteiger partial charge in [0.15, 0.2) is 5.58 Å². The van der Waals surface area contributed by atoms with Crippen molar-refractivity contribution in [3.63, 3.8) is 0 Å². The number of aromatic nitrogens is 1. The predicted octanol–water partition coefficient (Wildman–Crippen LogP) is 6.03. The molecule has 0 spiro atoms. The van der Waals surface area contributed by atoms with Crippen molar-refractivity contribution in [1.29, 1.82) is 0 Å². The number of carbonyl (C=O) groups is 1. The molecular weight excluding hydrogens is 388 g/mol. The van der Waals surface area contributed by atoms with Gasteiger partial charge in [-0.3, -0.25) is 4.79 Å². The number of methoxy groups -OCH3 is 1. The summed E-state index contributed by atoms with van der Waals surface area (Å²) in [5.74, 6) is 0.788. The first-order chi connectivity index (χ1) is 14.0. The Bertz CT molecular complexity index is 1230. The van der Waals surface area contributed by atoms with E-state index >= 15 is 0 Å². The van der Waals surface area contributed by atoms with Crippen LogP contribution in [0.2, 0.25) is 5.02 Å². The minimum Gasteiger partial charge on any atom is -0.496 e. The second kappa shape index (κ2) is 7.60. The molecule has 0 unspecified atom stereocenters. The summed E-state index contributed by atoms with van der Waals surface area (Å²) in [4.78, 5) is 17.3. The van der Waals surface area contributed by atoms with Crippen molar-refractivity contribution >= 4 is 34.3 Å². The summed E-state index contributed by atoms with van der Waals surface area (Å²) in [6.45, 7) is 3.84. The molecule has 0 aliphatic rings. The lowest BCUT2D eigenvalue weighted by Gasteiger charge is -2.11. The number of hydrogen-bond acceptors (Lipinski definition) is 4. The summed E-state index contributed by atoms with van der Waals surface area (Å²) < 4.78 is 11.2. The van der Waals surface area contributed by atoms with Gasteiger partial charge in [-0.25, -0.2) is 4.98 Å². The molecule has 0 bridgehead atoms. The first-order valence-electron chi connectivity index (χ1n) is 9.08. The fraction of sp³-hybridized carbons (Fsp3) is 0.130. The van der Waals surface area contributed by atoms with Crippen molar-refractivity contribution in [2.24, 2.45) is 0 Å². The van der Waals surface area contributed by atoms with Crippen LogP contribution >= 0.6 is 11.6 Å². The molecule has 6 heteroatoms. The maximum Gasteiger partial charge on any atom is 0.259 e. The van der Waals surface area contributed by atoms with Crippen LogP contribution in [0, 0.1) is 13.8 Å². The summed E-state index contributed by atoms with van der Waals surface area (Å²) in [5, 5.41) is 3.55. The van der Waals surface area contributed by atoms with Crippen LogP contribution in [-0.4, -0.2) is 18.0 Å². The van der Waals surface area contributed by atoms with E-state index < -0.39 is 0 Å². The molecule has 0 fully saturated rings. The molecule has 0 radical (unpaired) electrons. The van der Waals surface area contributed by atoms with E-state index in [1.165, 1.54) is 0 Å². The van der Waals surface area contributed by atoms with Gasteiger partial charge >= 0.3 is 0 Å². The van der Waals surface area contributed by atoms with Gasteiger partial charge in [-0.1, -0.05) is 29.8 Å².